The summed E-state index contributed by atoms with van der Waals surface area (Å²) in [5.41, 5.74) is 0.962. The Morgan fingerprint density at radius 3 is 2.31 bits per heavy atom. The second-order valence-corrected chi connectivity index (χ2v) is 2.93. The van der Waals surface area contributed by atoms with Crippen molar-refractivity contribution in [3.8, 4) is 0 Å². The fourth-order valence-corrected chi connectivity index (χ4v) is 1.02. The van der Waals surface area contributed by atoms with E-state index in [1.807, 2.05) is 12.1 Å². The Hall–Kier alpha value is 0.616. The van der Waals surface area contributed by atoms with Crippen LogP contribution in [0.4, 0.5) is 0 Å². The number of carbonyl (C=O) groups is 1. The SMILES string of the molecule is O=C([O-])CCc1ccc(Cl)cc1.[K+]. The molecule has 0 fully saturated rings. The number of rotatable bonds is 3. The zero-order valence-corrected chi connectivity index (χ0v) is 11.3. The van der Waals surface area contributed by atoms with Crippen LogP contribution in [0.2, 0.25) is 5.02 Å². The number of halogens is 1. The van der Waals surface area contributed by atoms with Gasteiger partial charge in [0, 0.05) is 11.0 Å². The third-order valence-corrected chi connectivity index (χ3v) is 1.78. The minimum atomic E-state index is -1.02. The minimum Gasteiger partial charge on any atom is -0.550 e. The topological polar surface area (TPSA) is 40.1 Å². The first-order valence-electron chi connectivity index (χ1n) is 3.63. The normalized spacial score (nSPS) is 9.00. The van der Waals surface area contributed by atoms with Crippen molar-refractivity contribution in [3.05, 3.63) is 34.9 Å². The van der Waals surface area contributed by atoms with Crippen molar-refractivity contribution in [2.75, 3.05) is 0 Å². The first kappa shape index (κ1) is 13.6. The number of carboxylic acid groups (broad SMARTS) is 1. The van der Waals surface area contributed by atoms with E-state index in [-0.39, 0.29) is 57.8 Å². The van der Waals surface area contributed by atoms with Gasteiger partial charge < -0.3 is 9.90 Å². The maximum atomic E-state index is 10.1. The summed E-state index contributed by atoms with van der Waals surface area (Å²) in [5, 5.41) is 10.8. The third-order valence-electron chi connectivity index (χ3n) is 1.53. The van der Waals surface area contributed by atoms with E-state index in [1.54, 1.807) is 12.1 Å². The molecule has 64 valence electrons. The zero-order valence-electron chi connectivity index (χ0n) is 7.42. The van der Waals surface area contributed by atoms with Gasteiger partial charge in [-0.1, -0.05) is 23.7 Å². The van der Waals surface area contributed by atoms with Gasteiger partial charge in [0.25, 0.3) is 0 Å². The van der Waals surface area contributed by atoms with E-state index >= 15 is 0 Å². The molecule has 0 atom stereocenters. The number of hydrogen-bond acceptors (Lipinski definition) is 2. The number of carboxylic acids is 1. The molecule has 0 aliphatic heterocycles. The Bertz CT molecular complexity index is 271. The molecule has 0 N–H and O–H groups in total. The molecule has 0 aromatic heterocycles. The summed E-state index contributed by atoms with van der Waals surface area (Å²) in [4.78, 5) is 10.1. The Morgan fingerprint density at radius 2 is 1.85 bits per heavy atom. The van der Waals surface area contributed by atoms with Crippen molar-refractivity contribution in [3.63, 3.8) is 0 Å². The van der Waals surface area contributed by atoms with E-state index in [0.717, 1.165) is 5.56 Å². The fourth-order valence-electron chi connectivity index (χ4n) is 0.897. The van der Waals surface area contributed by atoms with Crippen molar-refractivity contribution >= 4 is 17.6 Å². The Balaban J connectivity index is 0.00000144. The van der Waals surface area contributed by atoms with E-state index in [4.69, 9.17) is 11.6 Å². The molecule has 1 aromatic rings. The van der Waals surface area contributed by atoms with Crippen LogP contribution < -0.4 is 56.5 Å². The minimum absolute atomic E-state index is 0. The van der Waals surface area contributed by atoms with Gasteiger partial charge in [0.05, 0.1) is 0 Å². The van der Waals surface area contributed by atoms with Gasteiger partial charge >= 0.3 is 51.4 Å². The van der Waals surface area contributed by atoms with Crippen LogP contribution in [0.5, 0.6) is 0 Å². The van der Waals surface area contributed by atoms with E-state index < -0.39 is 5.97 Å². The molecule has 13 heavy (non-hydrogen) atoms. The maximum absolute atomic E-state index is 10.1. The largest absolute Gasteiger partial charge is 1.00 e. The number of carbonyl (C=O) groups excluding carboxylic acids is 1. The summed E-state index contributed by atoms with van der Waals surface area (Å²) >= 11 is 5.65. The van der Waals surface area contributed by atoms with Gasteiger partial charge in [0.1, 0.15) is 0 Å². The monoisotopic (exact) mass is 222 g/mol. The summed E-state index contributed by atoms with van der Waals surface area (Å²) in [6.45, 7) is 0. The van der Waals surface area contributed by atoms with Crippen LogP contribution in [0.3, 0.4) is 0 Å². The second-order valence-electron chi connectivity index (χ2n) is 2.50. The summed E-state index contributed by atoms with van der Waals surface area (Å²) in [7, 11) is 0. The second kappa shape index (κ2) is 6.98. The van der Waals surface area contributed by atoms with Crippen LogP contribution in [-0.4, -0.2) is 5.97 Å². The average Bonchev–Trinajstić information content (AvgIpc) is 2.03. The molecule has 0 saturated heterocycles. The van der Waals surface area contributed by atoms with E-state index in [2.05, 4.69) is 0 Å². The zero-order chi connectivity index (χ0) is 8.97. The van der Waals surface area contributed by atoms with Gasteiger partial charge in [0.15, 0.2) is 0 Å². The summed E-state index contributed by atoms with van der Waals surface area (Å²) in [6, 6.07) is 7.11. The first-order chi connectivity index (χ1) is 5.68. The maximum Gasteiger partial charge on any atom is 1.00 e. The molecule has 2 nitrogen and oxygen atoms in total. The standard InChI is InChI=1S/C9H9ClO2.K/c10-8-4-1-7(2-5-8)3-6-9(11)12;/h1-2,4-5H,3,6H2,(H,11,12);/q;+1/p-1. The molecule has 0 heterocycles. The summed E-state index contributed by atoms with van der Waals surface area (Å²) in [5.74, 6) is -1.02. The van der Waals surface area contributed by atoms with Crippen LogP contribution in [0.15, 0.2) is 24.3 Å². The quantitative estimate of drug-likeness (QED) is 0.557. The van der Waals surface area contributed by atoms with E-state index in [1.165, 1.54) is 0 Å². The van der Waals surface area contributed by atoms with Gasteiger partial charge in [-0.15, -0.1) is 0 Å². The van der Waals surface area contributed by atoms with Crippen molar-refractivity contribution in [1.29, 1.82) is 0 Å². The number of benzene rings is 1. The van der Waals surface area contributed by atoms with Gasteiger partial charge in [-0.05, 0) is 30.5 Å². The molecular weight excluding hydrogens is 215 g/mol. The Labute approximate surface area is 125 Å². The van der Waals surface area contributed by atoms with Crippen molar-refractivity contribution < 1.29 is 61.3 Å². The molecule has 0 radical (unpaired) electrons. The third kappa shape index (κ3) is 5.83. The number of hydrogen-bond donors (Lipinski definition) is 0. The molecule has 1 aromatic carbocycles. The molecular formula is C9H8ClKO2. The van der Waals surface area contributed by atoms with Crippen LogP contribution in [-0.2, 0) is 11.2 Å². The first-order valence-corrected chi connectivity index (χ1v) is 4.00. The molecule has 0 bridgehead atoms. The molecule has 0 aliphatic carbocycles. The van der Waals surface area contributed by atoms with Gasteiger partial charge in [-0.3, -0.25) is 0 Å². The molecule has 0 spiro atoms. The Morgan fingerprint density at radius 1 is 1.31 bits per heavy atom. The van der Waals surface area contributed by atoms with Gasteiger partial charge in [0.2, 0.25) is 0 Å². The van der Waals surface area contributed by atoms with Crippen LogP contribution in [0, 0.1) is 0 Å². The van der Waals surface area contributed by atoms with Crippen molar-refractivity contribution in [2.45, 2.75) is 12.8 Å². The van der Waals surface area contributed by atoms with E-state index in [0.29, 0.717) is 11.4 Å². The molecule has 0 saturated carbocycles. The molecule has 1 rings (SSSR count). The van der Waals surface area contributed by atoms with Crippen molar-refractivity contribution in [1.82, 2.24) is 0 Å². The van der Waals surface area contributed by atoms with Crippen LogP contribution in [0.1, 0.15) is 12.0 Å². The van der Waals surface area contributed by atoms with Gasteiger partial charge in [-0.25, -0.2) is 0 Å². The van der Waals surface area contributed by atoms with E-state index in [9.17, 15) is 9.90 Å². The van der Waals surface area contributed by atoms with Crippen LogP contribution >= 0.6 is 11.6 Å². The number of aryl methyl sites for hydroxylation is 1. The molecule has 0 unspecified atom stereocenters. The predicted molar refractivity (Wildman–Crippen MR) is 44.8 cm³/mol. The fraction of sp³-hybridized carbons (Fsp3) is 0.222. The van der Waals surface area contributed by atoms with Crippen LogP contribution in [0.25, 0.3) is 0 Å². The Kier molecular flexibility index (Phi) is 7.31. The smallest absolute Gasteiger partial charge is 0.550 e. The molecule has 4 heteroatoms. The average molecular weight is 223 g/mol. The molecule has 0 amide bonds. The van der Waals surface area contributed by atoms with Gasteiger partial charge in [-0.2, -0.15) is 0 Å². The number of aliphatic carboxylic acids is 1. The summed E-state index contributed by atoms with van der Waals surface area (Å²) < 4.78 is 0. The van der Waals surface area contributed by atoms with Crippen molar-refractivity contribution in [2.24, 2.45) is 0 Å². The molecule has 0 aliphatic rings. The summed E-state index contributed by atoms with van der Waals surface area (Å²) in [6.07, 6.45) is 0.557. The predicted octanol–water partition coefficient (Wildman–Crippen LogP) is -1.97.